The Bertz CT molecular complexity index is 911. The fourth-order valence-electron chi connectivity index (χ4n) is 6.12. The van der Waals surface area contributed by atoms with Gasteiger partial charge in [-0.25, -0.2) is 0 Å². The summed E-state index contributed by atoms with van der Waals surface area (Å²) in [6.07, 6.45) is 3.56. The van der Waals surface area contributed by atoms with Crippen molar-refractivity contribution in [3.05, 3.63) is 28.8 Å². The van der Waals surface area contributed by atoms with Gasteiger partial charge in [-0.1, -0.05) is 25.5 Å². The number of aryl methyl sites for hydroxylation is 1. The highest BCUT2D eigenvalue weighted by atomic mass is 16.2. The molecular weight excluding hydrogens is 354 g/mol. The van der Waals surface area contributed by atoms with Crippen molar-refractivity contribution in [3.8, 4) is 0 Å². The quantitative estimate of drug-likeness (QED) is 0.816. The summed E-state index contributed by atoms with van der Waals surface area (Å²) in [6.45, 7) is 7.31. The normalized spacial score (nSPS) is 33.6. The van der Waals surface area contributed by atoms with Gasteiger partial charge in [0.1, 0.15) is 5.54 Å². The van der Waals surface area contributed by atoms with Crippen molar-refractivity contribution in [2.24, 2.45) is 11.8 Å². The van der Waals surface area contributed by atoms with Crippen LogP contribution in [0.25, 0.3) is 0 Å². The third-order valence-electron chi connectivity index (χ3n) is 7.53. The lowest BCUT2D eigenvalue weighted by Crippen LogP contribution is -2.54. The van der Waals surface area contributed by atoms with E-state index in [2.05, 4.69) is 17.1 Å². The average Bonchev–Trinajstić information content (AvgIpc) is 3.37. The van der Waals surface area contributed by atoms with Crippen LogP contribution in [-0.2, 0) is 19.9 Å². The van der Waals surface area contributed by atoms with E-state index in [0.717, 1.165) is 54.6 Å². The molecular formula is C22H27N3O3. The fraction of sp³-hybridized carbons (Fsp3) is 0.591. The molecule has 0 aromatic heterocycles. The third kappa shape index (κ3) is 1.89. The monoisotopic (exact) mass is 381 g/mol. The molecule has 1 aromatic rings. The van der Waals surface area contributed by atoms with Gasteiger partial charge in [0.2, 0.25) is 17.7 Å². The van der Waals surface area contributed by atoms with E-state index in [9.17, 15) is 14.4 Å². The number of nitrogens with zero attached hydrogens (tertiary/aromatic N) is 2. The van der Waals surface area contributed by atoms with Crippen LogP contribution in [0.15, 0.2) is 12.1 Å². The van der Waals surface area contributed by atoms with Crippen molar-refractivity contribution in [1.29, 1.82) is 0 Å². The Hall–Kier alpha value is -2.21. The predicted molar refractivity (Wildman–Crippen MR) is 105 cm³/mol. The predicted octanol–water partition coefficient (Wildman–Crippen LogP) is 2.33. The molecule has 1 spiro atoms. The second-order valence-electron chi connectivity index (χ2n) is 8.74. The molecule has 6 nitrogen and oxygen atoms in total. The molecule has 5 rings (SSSR count). The molecule has 6 heteroatoms. The minimum absolute atomic E-state index is 0.0219. The first-order valence-electron chi connectivity index (χ1n) is 10.5. The number of anilines is 1. The van der Waals surface area contributed by atoms with Gasteiger partial charge in [0, 0.05) is 23.8 Å². The summed E-state index contributed by atoms with van der Waals surface area (Å²) in [5.41, 5.74) is 2.85. The zero-order valence-electron chi connectivity index (χ0n) is 16.7. The van der Waals surface area contributed by atoms with Gasteiger partial charge in [0.15, 0.2) is 0 Å². The Morgan fingerprint density at radius 1 is 1.18 bits per heavy atom. The minimum atomic E-state index is -1.03. The van der Waals surface area contributed by atoms with Crippen LogP contribution in [-0.4, -0.2) is 46.7 Å². The number of fused-ring (bicyclic) bond motifs is 7. The maximum atomic E-state index is 13.5. The van der Waals surface area contributed by atoms with Crippen LogP contribution in [0.4, 0.5) is 5.69 Å². The lowest BCUT2D eigenvalue weighted by Gasteiger charge is -2.36. The van der Waals surface area contributed by atoms with Crippen LogP contribution in [0, 0.1) is 25.7 Å². The first-order valence-corrected chi connectivity index (χ1v) is 10.5. The Balaban J connectivity index is 1.70. The van der Waals surface area contributed by atoms with Crippen LogP contribution in [0.3, 0.4) is 0 Å². The van der Waals surface area contributed by atoms with Gasteiger partial charge in [0.05, 0.1) is 11.8 Å². The average molecular weight is 381 g/mol. The van der Waals surface area contributed by atoms with E-state index in [-0.39, 0.29) is 23.8 Å². The molecule has 3 amide bonds. The largest absolute Gasteiger partial charge is 0.324 e. The molecule has 0 aliphatic carbocycles. The van der Waals surface area contributed by atoms with E-state index in [1.807, 2.05) is 26.0 Å². The fourth-order valence-corrected chi connectivity index (χ4v) is 6.12. The van der Waals surface area contributed by atoms with E-state index in [4.69, 9.17) is 0 Å². The summed E-state index contributed by atoms with van der Waals surface area (Å²) >= 11 is 0. The standard InChI is InChI=1S/C22H27N3O3/c1-4-5-10-24-19(26)16-15-7-6-11-25(15)22(17(16)20(24)27)14-9-8-12(2)13(3)18(14)23-21(22)28/h8-9,15-17H,4-7,10-11H2,1-3H3,(H,23,28)/t15-,16-,17+,22-/m1/s1. The number of rotatable bonds is 3. The number of unbranched alkanes of at least 4 members (excludes halogenated alkanes) is 1. The van der Waals surface area contributed by atoms with Gasteiger partial charge in [-0.2, -0.15) is 0 Å². The molecule has 0 radical (unpaired) electrons. The smallest absolute Gasteiger partial charge is 0.250 e. The van der Waals surface area contributed by atoms with Crippen molar-refractivity contribution >= 4 is 23.4 Å². The topological polar surface area (TPSA) is 69.7 Å². The van der Waals surface area contributed by atoms with Crippen molar-refractivity contribution in [2.45, 2.75) is 58.0 Å². The number of carbonyl (C=O) groups excluding carboxylic acids is 3. The third-order valence-corrected chi connectivity index (χ3v) is 7.53. The molecule has 0 unspecified atom stereocenters. The number of carbonyl (C=O) groups is 3. The first kappa shape index (κ1) is 17.9. The summed E-state index contributed by atoms with van der Waals surface area (Å²) in [7, 11) is 0. The van der Waals surface area contributed by atoms with E-state index >= 15 is 0 Å². The number of hydrogen-bond donors (Lipinski definition) is 1. The first-order chi connectivity index (χ1) is 13.4. The number of nitrogens with one attached hydrogen (secondary N) is 1. The SMILES string of the molecule is CCCCN1C(=O)[C@@H]2[C@H]3CCCN3[C@@]3(C(=O)Nc4c3ccc(C)c4C)[C@@H]2C1=O. The Morgan fingerprint density at radius 3 is 2.71 bits per heavy atom. The van der Waals surface area contributed by atoms with Crippen LogP contribution < -0.4 is 5.32 Å². The van der Waals surface area contributed by atoms with Crippen molar-refractivity contribution in [2.75, 3.05) is 18.4 Å². The van der Waals surface area contributed by atoms with Crippen LogP contribution in [0.5, 0.6) is 0 Å². The Morgan fingerprint density at radius 2 is 1.96 bits per heavy atom. The van der Waals surface area contributed by atoms with Gasteiger partial charge in [-0.3, -0.25) is 24.2 Å². The highest BCUT2D eigenvalue weighted by Crippen LogP contribution is 2.60. The maximum absolute atomic E-state index is 13.5. The molecule has 4 aliphatic rings. The van der Waals surface area contributed by atoms with Crippen LogP contribution in [0.2, 0.25) is 0 Å². The van der Waals surface area contributed by atoms with E-state index < -0.39 is 17.4 Å². The van der Waals surface area contributed by atoms with Crippen molar-refractivity contribution in [3.63, 3.8) is 0 Å². The highest BCUT2D eigenvalue weighted by molar-refractivity contribution is 6.15. The molecule has 4 aliphatic heterocycles. The Kier molecular flexibility index (Phi) is 3.76. The molecule has 148 valence electrons. The van der Waals surface area contributed by atoms with Gasteiger partial charge >= 0.3 is 0 Å². The zero-order valence-corrected chi connectivity index (χ0v) is 16.7. The second-order valence-corrected chi connectivity index (χ2v) is 8.74. The van der Waals surface area contributed by atoms with E-state index in [0.29, 0.717) is 6.54 Å². The van der Waals surface area contributed by atoms with Gasteiger partial charge in [-0.15, -0.1) is 0 Å². The molecule has 28 heavy (non-hydrogen) atoms. The van der Waals surface area contributed by atoms with Gasteiger partial charge < -0.3 is 5.32 Å². The molecule has 1 aromatic carbocycles. The highest BCUT2D eigenvalue weighted by Gasteiger charge is 2.74. The second kappa shape index (κ2) is 5.89. The number of imide groups is 1. The lowest BCUT2D eigenvalue weighted by atomic mass is 9.75. The molecule has 3 fully saturated rings. The number of amides is 3. The zero-order chi connectivity index (χ0) is 19.8. The molecule has 0 bridgehead atoms. The summed E-state index contributed by atoms with van der Waals surface area (Å²) in [5, 5.41) is 3.10. The molecule has 4 heterocycles. The number of likely N-dealkylation sites (tertiary alicyclic amines) is 1. The number of benzene rings is 1. The molecule has 1 N–H and O–H groups in total. The number of hydrogen-bond acceptors (Lipinski definition) is 4. The summed E-state index contributed by atoms with van der Waals surface area (Å²) in [4.78, 5) is 43.9. The summed E-state index contributed by atoms with van der Waals surface area (Å²) in [5.74, 6) is -1.36. The summed E-state index contributed by atoms with van der Waals surface area (Å²) < 4.78 is 0. The lowest BCUT2D eigenvalue weighted by molar-refractivity contribution is -0.145. The molecule has 3 saturated heterocycles. The van der Waals surface area contributed by atoms with Gasteiger partial charge in [0.25, 0.3) is 0 Å². The van der Waals surface area contributed by atoms with E-state index in [1.54, 1.807) is 0 Å². The van der Waals surface area contributed by atoms with E-state index in [1.165, 1.54) is 4.90 Å². The van der Waals surface area contributed by atoms with Gasteiger partial charge in [-0.05, 0) is 50.8 Å². The van der Waals surface area contributed by atoms with Crippen molar-refractivity contribution in [1.82, 2.24) is 9.80 Å². The Labute approximate surface area is 165 Å². The molecule has 4 atom stereocenters. The molecule has 0 saturated carbocycles. The minimum Gasteiger partial charge on any atom is -0.324 e. The van der Waals surface area contributed by atoms with Crippen molar-refractivity contribution < 1.29 is 14.4 Å². The summed E-state index contributed by atoms with van der Waals surface area (Å²) in [6, 6.07) is 4.01. The van der Waals surface area contributed by atoms with Crippen LogP contribution in [0.1, 0.15) is 49.3 Å². The maximum Gasteiger partial charge on any atom is 0.250 e. The van der Waals surface area contributed by atoms with Crippen LogP contribution >= 0.6 is 0 Å².